The third-order valence-corrected chi connectivity index (χ3v) is 4.38. The van der Waals surface area contributed by atoms with Gasteiger partial charge in [0.05, 0.1) is 11.8 Å². The number of nitrogens with zero attached hydrogens (tertiary/aromatic N) is 5. The maximum absolute atomic E-state index is 13.5. The number of benzene rings is 1. The molecular formula is C15H10FN5OS. The maximum Gasteiger partial charge on any atom is 0.200 e. The Bertz CT molecular complexity index is 983. The number of halogens is 1. The normalized spacial score (nSPS) is 11.2. The molecule has 0 N–H and O–H groups in total. The van der Waals surface area contributed by atoms with Crippen molar-refractivity contribution < 1.29 is 8.81 Å². The van der Waals surface area contributed by atoms with E-state index >= 15 is 0 Å². The second-order valence-electron chi connectivity index (χ2n) is 4.78. The highest BCUT2D eigenvalue weighted by molar-refractivity contribution is 7.99. The molecule has 3 heterocycles. The molecule has 0 bridgehead atoms. The summed E-state index contributed by atoms with van der Waals surface area (Å²) in [6, 6.07) is 8.02. The zero-order valence-electron chi connectivity index (χ0n) is 12.0. The van der Waals surface area contributed by atoms with Gasteiger partial charge in [0.1, 0.15) is 17.2 Å². The second kappa shape index (κ2) is 5.47. The Morgan fingerprint density at radius 1 is 1.17 bits per heavy atom. The van der Waals surface area contributed by atoms with Gasteiger partial charge in [-0.05, 0) is 42.1 Å². The van der Waals surface area contributed by atoms with E-state index in [0.29, 0.717) is 32.7 Å². The summed E-state index contributed by atoms with van der Waals surface area (Å²) >= 11 is 1.30. The molecule has 0 radical (unpaired) electrons. The van der Waals surface area contributed by atoms with Crippen LogP contribution in [0.1, 0.15) is 0 Å². The fourth-order valence-electron chi connectivity index (χ4n) is 2.20. The van der Waals surface area contributed by atoms with Crippen molar-refractivity contribution in [1.29, 1.82) is 0 Å². The van der Waals surface area contributed by atoms with Crippen LogP contribution in [0.5, 0.6) is 0 Å². The van der Waals surface area contributed by atoms with Crippen molar-refractivity contribution in [3.63, 3.8) is 0 Å². The minimum Gasteiger partial charge on any atom is -0.461 e. The molecule has 4 aromatic rings. The van der Waals surface area contributed by atoms with Crippen LogP contribution in [-0.4, -0.2) is 24.7 Å². The summed E-state index contributed by atoms with van der Waals surface area (Å²) in [6.07, 6.45) is 3.03. The molecule has 114 valence electrons. The lowest BCUT2D eigenvalue weighted by molar-refractivity contribution is 0.572. The smallest absolute Gasteiger partial charge is 0.200 e. The zero-order valence-corrected chi connectivity index (χ0v) is 12.8. The molecular weight excluding hydrogens is 317 g/mol. The summed E-state index contributed by atoms with van der Waals surface area (Å²) < 4.78 is 20.7. The summed E-state index contributed by atoms with van der Waals surface area (Å²) in [4.78, 5) is 8.38. The van der Waals surface area contributed by atoms with E-state index in [2.05, 4.69) is 20.2 Å². The van der Waals surface area contributed by atoms with Gasteiger partial charge in [-0.15, -0.1) is 10.2 Å². The molecule has 0 amide bonds. The number of rotatable bonds is 3. The van der Waals surface area contributed by atoms with Crippen molar-refractivity contribution in [3.8, 4) is 11.6 Å². The van der Waals surface area contributed by atoms with Crippen molar-refractivity contribution in [1.82, 2.24) is 24.7 Å². The SMILES string of the molecule is Cn1c(Sc2ncnc3ccc(F)cc23)nnc1-c1ccco1. The minimum atomic E-state index is -0.330. The molecule has 0 saturated heterocycles. The van der Waals surface area contributed by atoms with Gasteiger partial charge < -0.3 is 8.98 Å². The summed E-state index contributed by atoms with van der Waals surface area (Å²) in [5.74, 6) is 0.913. The van der Waals surface area contributed by atoms with Gasteiger partial charge in [0, 0.05) is 12.4 Å². The minimum absolute atomic E-state index is 0.330. The van der Waals surface area contributed by atoms with Gasteiger partial charge in [0.25, 0.3) is 0 Å². The summed E-state index contributed by atoms with van der Waals surface area (Å²) in [7, 11) is 1.84. The second-order valence-corrected chi connectivity index (χ2v) is 5.74. The molecule has 0 aliphatic heterocycles. The van der Waals surface area contributed by atoms with Crippen LogP contribution in [-0.2, 0) is 7.05 Å². The first-order valence-corrected chi connectivity index (χ1v) is 7.55. The predicted molar refractivity (Wildman–Crippen MR) is 82.3 cm³/mol. The van der Waals surface area contributed by atoms with Crippen molar-refractivity contribution in [2.75, 3.05) is 0 Å². The molecule has 8 heteroatoms. The summed E-state index contributed by atoms with van der Waals surface area (Å²) in [6.45, 7) is 0. The molecule has 6 nitrogen and oxygen atoms in total. The molecule has 0 saturated carbocycles. The molecule has 23 heavy (non-hydrogen) atoms. The largest absolute Gasteiger partial charge is 0.461 e. The van der Waals surface area contributed by atoms with Crippen molar-refractivity contribution in [2.24, 2.45) is 7.05 Å². The van der Waals surface area contributed by atoms with E-state index in [1.54, 1.807) is 23.0 Å². The van der Waals surface area contributed by atoms with Gasteiger partial charge in [-0.2, -0.15) is 0 Å². The van der Waals surface area contributed by atoms with E-state index in [0.717, 1.165) is 0 Å². The van der Waals surface area contributed by atoms with Gasteiger partial charge in [-0.3, -0.25) is 0 Å². The third kappa shape index (κ3) is 2.46. The van der Waals surface area contributed by atoms with Crippen LogP contribution in [0.3, 0.4) is 0 Å². The van der Waals surface area contributed by atoms with Crippen LogP contribution in [0, 0.1) is 5.82 Å². The van der Waals surface area contributed by atoms with E-state index in [9.17, 15) is 4.39 Å². The van der Waals surface area contributed by atoms with Crippen molar-refractivity contribution >= 4 is 22.7 Å². The van der Waals surface area contributed by atoms with Crippen LogP contribution in [0.25, 0.3) is 22.5 Å². The molecule has 4 rings (SSSR count). The van der Waals surface area contributed by atoms with Crippen molar-refractivity contribution in [3.05, 3.63) is 48.7 Å². The van der Waals surface area contributed by atoms with E-state index in [4.69, 9.17) is 4.42 Å². The molecule has 0 spiro atoms. The maximum atomic E-state index is 13.5. The molecule has 0 aliphatic carbocycles. The highest BCUT2D eigenvalue weighted by Crippen LogP contribution is 2.31. The molecule has 1 aromatic carbocycles. The first-order chi connectivity index (χ1) is 11.2. The Balaban J connectivity index is 1.76. The zero-order chi connectivity index (χ0) is 15.8. The van der Waals surface area contributed by atoms with Crippen molar-refractivity contribution in [2.45, 2.75) is 10.2 Å². The average Bonchev–Trinajstić information content (AvgIpc) is 3.19. The average molecular weight is 327 g/mol. The molecule has 0 atom stereocenters. The molecule has 3 aromatic heterocycles. The standard InChI is InChI=1S/C15H10FN5OS/c1-21-13(12-3-2-6-22-12)19-20-15(21)23-14-10-7-9(16)4-5-11(10)17-8-18-14/h2-8H,1H3. The van der Waals surface area contributed by atoms with Crippen LogP contribution in [0.15, 0.2) is 57.5 Å². The Kier molecular flexibility index (Phi) is 3.30. The van der Waals surface area contributed by atoms with E-state index < -0.39 is 0 Å². The third-order valence-electron chi connectivity index (χ3n) is 3.33. The highest BCUT2D eigenvalue weighted by Gasteiger charge is 2.16. The van der Waals surface area contributed by atoms with Crippen LogP contribution >= 0.6 is 11.8 Å². The van der Waals surface area contributed by atoms with Crippen LogP contribution in [0.4, 0.5) is 4.39 Å². The number of hydrogen-bond acceptors (Lipinski definition) is 6. The Hall–Kier alpha value is -2.74. The number of hydrogen-bond donors (Lipinski definition) is 0. The lowest BCUT2D eigenvalue weighted by Crippen LogP contribution is -1.95. The van der Waals surface area contributed by atoms with Gasteiger partial charge in [-0.1, -0.05) is 0 Å². The summed E-state index contributed by atoms with van der Waals surface area (Å²) in [5.41, 5.74) is 0.678. The fourth-order valence-corrected chi connectivity index (χ4v) is 3.05. The Morgan fingerprint density at radius 3 is 2.91 bits per heavy atom. The lowest BCUT2D eigenvalue weighted by atomic mass is 10.2. The Morgan fingerprint density at radius 2 is 2.09 bits per heavy atom. The van der Waals surface area contributed by atoms with Crippen LogP contribution in [0.2, 0.25) is 0 Å². The molecule has 0 unspecified atom stereocenters. The first kappa shape index (κ1) is 13.9. The Labute approximate surface area is 134 Å². The predicted octanol–water partition coefficient (Wildman–Crippen LogP) is 3.31. The van der Waals surface area contributed by atoms with Gasteiger partial charge >= 0.3 is 0 Å². The monoisotopic (exact) mass is 327 g/mol. The van der Waals surface area contributed by atoms with Gasteiger partial charge in [0.15, 0.2) is 16.7 Å². The number of aromatic nitrogens is 5. The quantitative estimate of drug-likeness (QED) is 0.538. The topological polar surface area (TPSA) is 69.6 Å². The van der Waals surface area contributed by atoms with E-state index in [-0.39, 0.29) is 5.82 Å². The molecule has 0 fully saturated rings. The summed E-state index contributed by atoms with van der Waals surface area (Å²) in [5, 5.41) is 10.2. The molecule has 0 aliphatic rings. The van der Waals surface area contributed by atoms with Gasteiger partial charge in [-0.25, -0.2) is 14.4 Å². The number of furan rings is 1. The van der Waals surface area contributed by atoms with E-state index in [1.165, 1.54) is 30.2 Å². The number of fused-ring (bicyclic) bond motifs is 1. The van der Waals surface area contributed by atoms with Gasteiger partial charge in [0.2, 0.25) is 0 Å². The first-order valence-electron chi connectivity index (χ1n) is 6.74. The fraction of sp³-hybridized carbons (Fsp3) is 0.0667. The van der Waals surface area contributed by atoms with Crippen LogP contribution < -0.4 is 0 Å². The highest BCUT2D eigenvalue weighted by atomic mass is 32.2. The lowest BCUT2D eigenvalue weighted by Gasteiger charge is -2.04. The van der Waals surface area contributed by atoms with E-state index in [1.807, 2.05) is 13.1 Å².